The maximum Gasteiger partial charge on any atom is 0.260 e. The van der Waals surface area contributed by atoms with Crippen molar-refractivity contribution in [3.63, 3.8) is 0 Å². The number of nitrogens with one attached hydrogen (secondary N) is 1. The van der Waals surface area contributed by atoms with Crippen molar-refractivity contribution in [2.75, 3.05) is 51.1 Å². The maximum absolute atomic E-state index is 12.9. The normalized spacial score (nSPS) is 18.0. The van der Waals surface area contributed by atoms with Crippen molar-refractivity contribution in [3.05, 3.63) is 30.2 Å². The van der Waals surface area contributed by atoms with Crippen LogP contribution >= 0.6 is 0 Å². The maximum atomic E-state index is 12.9. The third kappa shape index (κ3) is 5.05. The Morgan fingerprint density at radius 2 is 2.00 bits per heavy atom. The number of rotatable bonds is 5. The molecule has 4 aromatic heterocycles. The van der Waals surface area contributed by atoms with Crippen molar-refractivity contribution >= 4 is 28.4 Å². The summed E-state index contributed by atoms with van der Waals surface area (Å²) in [6.45, 7) is 3.62. The molecule has 37 heavy (non-hydrogen) atoms. The molecular weight excluding hydrogens is 487 g/mol. The van der Waals surface area contributed by atoms with Gasteiger partial charge < -0.3 is 20.4 Å². The van der Waals surface area contributed by atoms with Crippen LogP contribution in [0.2, 0.25) is 0 Å². The minimum atomic E-state index is -2.46. The molecule has 2 aliphatic rings. The summed E-state index contributed by atoms with van der Waals surface area (Å²) in [6.07, 6.45) is 2.47. The quantitative estimate of drug-likeness (QED) is 0.415. The van der Waals surface area contributed by atoms with Crippen molar-refractivity contribution in [1.82, 2.24) is 34.0 Å². The van der Waals surface area contributed by atoms with Crippen LogP contribution < -0.4 is 11.1 Å². The summed E-state index contributed by atoms with van der Waals surface area (Å²) in [6, 6.07) is 5.94. The van der Waals surface area contributed by atoms with Crippen LogP contribution in [0.5, 0.6) is 0 Å². The van der Waals surface area contributed by atoms with Gasteiger partial charge in [-0.3, -0.25) is 4.90 Å². The first-order valence-corrected chi connectivity index (χ1v) is 12.2. The van der Waals surface area contributed by atoms with Gasteiger partial charge in [0, 0.05) is 25.2 Å². The minimum Gasteiger partial charge on any atom is -0.378 e. The monoisotopic (exact) mass is 517 g/mol. The average Bonchev–Trinajstić information content (AvgIpc) is 3.38. The molecule has 2 aliphatic heterocycles. The molecule has 2 fully saturated rings. The van der Waals surface area contributed by atoms with Gasteiger partial charge in [0.1, 0.15) is 23.5 Å². The molecule has 4 aromatic rings. The molecule has 0 saturated carbocycles. The van der Waals surface area contributed by atoms with Crippen LogP contribution in [-0.4, -0.2) is 86.0 Å². The van der Waals surface area contributed by atoms with Gasteiger partial charge in [0.05, 0.1) is 38.0 Å². The lowest BCUT2D eigenvalue weighted by atomic mass is 10.0. The Hall–Kier alpha value is -3.45. The van der Waals surface area contributed by atoms with E-state index >= 15 is 0 Å². The van der Waals surface area contributed by atoms with Gasteiger partial charge in [0.2, 0.25) is 5.95 Å². The first-order chi connectivity index (χ1) is 17.8. The van der Waals surface area contributed by atoms with Crippen LogP contribution in [0.15, 0.2) is 24.4 Å². The van der Waals surface area contributed by atoms with E-state index in [4.69, 9.17) is 15.5 Å². The smallest absolute Gasteiger partial charge is 0.260 e. The summed E-state index contributed by atoms with van der Waals surface area (Å²) in [7, 11) is 1.77. The fraction of sp³-hybridized carbons (Fsp3) is 0.500. The van der Waals surface area contributed by atoms with E-state index in [0.717, 1.165) is 34.7 Å². The first kappa shape index (κ1) is 25.2. The van der Waals surface area contributed by atoms with Gasteiger partial charge in [-0.15, -0.1) is 5.10 Å². The lowest BCUT2D eigenvalue weighted by molar-refractivity contribution is -0.126. The fourth-order valence-electron chi connectivity index (χ4n) is 4.78. The predicted molar refractivity (Wildman–Crippen MR) is 135 cm³/mol. The number of hydrogen-bond donors (Lipinski definition) is 2. The Labute approximate surface area is 211 Å². The number of imidazole rings is 1. The molecule has 0 amide bonds. The fourth-order valence-corrected chi connectivity index (χ4v) is 4.78. The SMILES string of the molecule is CNc1nc(N)nn2ccc(-c3ccc4nc(C)n(CCF)c4n3)c12.FC1(F)CCCN(C2COC2)C1. The van der Waals surface area contributed by atoms with Gasteiger partial charge in [-0.1, -0.05) is 0 Å². The molecule has 10 nitrogen and oxygen atoms in total. The van der Waals surface area contributed by atoms with Crippen molar-refractivity contribution in [2.24, 2.45) is 0 Å². The summed E-state index contributed by atoms with van der Waals surface area (Å²) >= 11 is 0. The number of nitrogen functional groups attached to an aromatic ring is 1. The Balaban J connectivity index is 0.000000195. The number of ether oxygens (including phenoxy) is 1. The van der Waals surface area contributed by atoms with Crippen molar-refractivity contribution < 1.29 is 17.9 Å². The average molecular weight is 518 g/mol. The molecule has 13 heteroatoms. The molecule has 3 N–H and O–H groups in total. The molecule has 198 valence electrons. The van der Waals surface area contributed by atoms with E-state index in [1.807, 2.05) is 30.0 Å². The molecule has 6 heterocycles. The van der Waals surface area contributed by atoms with Gasteiger partial charge in [-0.05, 0) is 38.1 Å². The first-order valence-electron chi connectivity index (χ1n) is 12.2. The molecule has 0 radical (unpaired) electrons. The van der Waals surface area contributed by atoms with Gasteiger partial charge in [0.25, 0.3) is 5.92 Å². The summed E-state index contributed by atoms with van der Waals surface area (Å²) < 4.78 is 47.1. The lowest BCUT2D eigenvalue weighted by Crippen LogP contribution is -2.55. The lowest BCUT2D eigenvalue weighted by Gasteiger charge is -2.41. The second-order valence-corrected chi connectivity index (χ2v) is 9.25. The van der Waals surface area contributed by atoms with E-state index < -0.39 is 12.6 Å². The zero-order valence-electron chi connectivity index (χ0n) is 20.8. The van der Waals surface area contributed by atoms with E-state index in [9.17, 15) is 13.2 Å². The zero-order valence-corrected chi connectivity index (χ0v) is 20.8. The van der Waals surface area contributed by atoms with E-state index in [0.29, 0.717) is 31.1 Å². The van der Waals surface area contributed by atoms with Crippen LogP contribution in [0.1, 0.15) is 18.7 Å². The van der Waals surface area contributed by atoms with Gasteiger partial charge in [-0.25, -0.2) is 27.7 Å². The molecule has 0 atom stereocenters. The third-order valence-corrected chi connectivity index (χ3v) is 6.69. The number of fused-ring (bicyclic) bond motifs is 2. The summed E-state index contributed by atoms with van der Waals surface area (Å²) in [5.74, 6) is -0.929. The van der Waals surface area contributed by atoms with Crippen LogP contribution in [0, 0.1) is 6.92 Å². The van der Waals surface area contributed by atoms with Gasteiger partial charge in [-0.2, -0.15) is 4.98 Å². The largest absolute Gasteiger partial charge is 0.378 e. The minimum absolute atomic E-state index is 0.0527. The number of likely N-dealkylation sites (tertiary alicyclic amines) is 1. The zero-order chi connectivity index (χ0) is 26.2. The highest BCUT2D eigenvalue weighted by Gasteiger charge is 2.39. The van der Waals surface area contributed by atoms with Crippen LogP contribution in [0.3, 0.4) is 0 Å². The molecule has 6 rings (SSSR count). The third-order valence-electron chi connectivity index (χ3n) is 6.69. The number of halogens is 3. The molecule has 0 spiro atoms. The number of hydrogen-bond acceptors (Lipinski definition) is 8. The van der Waals surface area contributed by atoms with Gasteiger partial charge >= 0.3 is 0 Å². The Morgan fingerprint density at radius 1 is 1.19 bits per heavy atom. The van der Waals surface area contributed by atoms with E-state index in [2.05, 4.69) is 20.4 Å². The standard InChI is InChI=1S/C16H17FN8.C8H13F2NO/c1-9-20-12-4-3-11(21-15(12)24(9)8-6-17)10-5-7-25-13(10)14(19-2)22-16(18)23-25;9-8(10)2-1-3-11(6-8)7-4-12-5-7/h3-5,7H,6,8H2,1-2H3,(H3,18,19,22,23);7H,1-6H2. The molecule has 0 aliphatic carbocycles. The number of nitrogens with zero attached hydrogens (tertiary/aromatic N) is 7. The number of nitrogens with two attached hydrogens (primary N) is 1. The van der Waals surface area contributed by atoms with Crippen molar-refractivity contribution in [1.29, 1.82) is 0 Å². The number of aryl methyl sites for hydroxylation is 2. The molecule has 0 bridgehead atoms. The van der Waals surface area contributed by atoms with Gasteiger partial charge in [0.15, 0.2) is 11.5 Å². The molecule has 0 aromatic carbocycles. The Morgan fingerprint density at radius 3 is 2.68 bits per heavy atom. The molecule has 0 unspecified atom stereocenters. The van der Waals surface area contributed by atoms with Crippen LogP contribution in [-0.2, 0) is 11.3 Å². The number of pyridine rings is 1. The summed E-state index contributed by atoms with van der Waals surface area (Å²) in [5, 5.41) is 7.23. The molecular formula is C24H30F3N9O. The highest BCUT2D eigenvalue weighted by Crippen LogP contribution is 2.30. The Bertz CT molecular complexity index is 1400. The number of anilines is 2. The van der Waals surface area contributed by atoms with Crippen LogP contribution in [0.4, 0.5) is 24.9 Å². The number of aromatic nitrogens is 6. The second-order valence-electron chi connectivity index (χ2n) is 9.25. The highest BCUT2D eigenvalue weighted by atomic mass is 19.3. The van der Waals surface area contributed by atoms with Crippen molar-refractivity contribution in [2.45, 2.75) is 38.3 Å². The molecule has 2 saturated heterocycles. The van der Waals surface area contributed by atoms with Crippen LogP contribution in [0.25, 0.3) is 27.9 Å². The second kappa shape index (κ2) is 10.1. The van der Waals surface area contributed by atoms with E-state index in [1.54, 1.807) is 22.3 Å². The summed E-state index contributed by atoms with van der Waals surface area (Å²) in [5.41, 5.74) is 9.51. The topological polar surface area (TPSA) is 111 Å². The highest BCUT2D eigenvalue weighted by molar-refractivity contribution is 5.89. The number of alkyl halides is 3. The Kier molecular flexibility index (Phi) is 6.90. The number of piperidine rings is 1. The predicted octanol–water partition coefficient (Wildman–Crippen LogP) is 3.16. The summed E-state index contributed by atoms with van der Waals surface area (Å²) in [4.78, 5) is 15.2. The van der Waals surface area contributed by atoms with E-state index in [-0.39, 0.29) is 31.5 Å². The van der Waals surface area contributed by atoms with E-state index in [1.165, 1.54) is 0 Å². The van der Waals surface area contributed by atoms with Crippen molar-refractivity contribution in [3.8, 4) is 11.3 Å².